The predicted molar refractivity (Wildman–Crippen MR) is 139 cm³/mol. The number of nitrogens with zero attached hydrogens (tertiary/aromatic N) is 2. The summed E-state index contributed by atoms with van der Waals surface area (Å²) in [5.41, 5.74) is 5.01. The fourth-order valence-electron chi connectivity index (χ4n) is 5.04. The minimum absolute atomic E-state index is 0.0535. The molecule has 7 heteroatoms. The van der Waals surface area contributed by atoms with Crippen LogP contribution in [0.4, 0.5) is 11.4 Å². The van der Waals surface area contributed by atoms with Crippen LogP contribution in [0.5, 0.6) is 0 Å². The molecule has 5 nitrogen and oxygen atoms in total. The molecule has 0 aromatic heterocycles. The van der Waals surface area contributed by atoms with E-state index in [-0.39, 0.29) is 16.2 Å². The summed E-state index contributed by atoms with van der Waals surface area (Å²) in [6.45, 7) is 11.9. The number of amides is 2. The number of rotatable bonds is 3. The fraction of sp³-hybridized carbons (Fsp3) is 0.346. The Kier molecular flexibility index (Phi) is 6.10. The molecule has 0 radical (unpaired) electrons. The third-order valence-electron chi connectivity index (χ3n) is 6.58. The lowest BCUT2D eigenvalue weighted by molar-refractivity contribution is -0.122. The van der Waals surface area contributed by atoms with E-state index in [0.29, 0.717) is 16.6 Å². The van der Waals surface area contributed by atoms with E-state index in [1.807, 2.05) is 6.92 Å². The van der Waals surface area contributed by atoms with Crippen LogP contribution in [0.2, 0.25) is 5.02 Å². The van der Waals surface area contributed by atoms with Crippen LogP contribution in [0.25, 0.3) is 6.08 Å². The zero-order valence-corrected chi connectivity index (χ0v) is 21.1. The molecule has 0 saturated carbocycles. The molecule has 0 spiro atoms. The van der Waals surface area contributed by atoms with E-state index in [0.717, 1.165) is 24.1 Å². The van der Waals surface area contributed by atoms with E-state index in [4.69, 9.17) is 23.8 Å². The third-order valence-corrected chi connectivity index (χ3v) is 7.11. The van der Waals surface area contributed by atoms with E-state index in [9.17, 15) is 9.59 Å². The number of carbonyl (C=O) groups excluding carboxylic acids is 2. The van der Waals surface area contributed by atoms with Crippen LogP contribution in [0.15, 0.2) is 42.0 Å². The summed E-state index contributed by atoms with van der Waals surface area (Å²) >= 11 is 11.3. The molecular formula is C26H28ClN3O2S. The summed E-state index contributed by atoms with van der Waals surface area (Å²) in [7, 11) is 0. The maximum absolute atomic E-state index is 13.4. The Labute approximate surface area is 205 Å². The van der Waals surface area contributed by atoms with E-state index >= 15 is 0 Å². The minimum Gasteiger partial charge on any atom is -0.366 e. The van der Waals surface area contributed by atoms with Gasteiger partial charge in [-0.05, 0) is 111 Å². The molecule has 2 aromatic carbocycles. The second kappa shape index (κ2) is 8.58. The summed E-state index contributed by atoms with van der Waals surface area (Å²) in [5, 5.41) is 3.26. The monoisotopic (exact) mass is 481 g/mol. The van der Waals surface area contributed by atoms with Gasteiger partial charge in [0.15, 0.2) is 5.11 Å². The Morgan fingerprint density at radius 3 is 2.52 bits per heavy atom. The van der Waals surface area contributed by atoms with Crippen molar-refractivity contribution in [1.82, 2.24) is 5.32 Å². The van der Waals surface area contributed by atoms with Crippen molar-refractivity contribution in [2.24, 2.45) is 0 Å². The van der Waals surface area contributed by atoms with E-state index in [1.165, 1.54) is 16.2 Å². The molecule has 1 atom stereocenters. The van der Waals surface area contributed by atoms with Crippen LogP contribution >= 0.6 is 23.8 Å². The Morgan fingerprint density at radius 1 is 1.21 bits per heavy atom. The second-order valence-electron chi connectivity index (χ2n) is 9.36. The lowest BCUT2D eigenvalue weighted by Crippen LogP contribution is -2.54. The van der Waals surface area contributed by atoms with Crippen molar-refractivity contribution < 1.29 is 9.59 Å². The molecular weight excluding hydrogens is 454 g/mol. The maximum atomic E-state index is 13.4. The number of hydrogen-bond donors (Lipinski definition) is 1. The SMILES string of the molecule is CCN1c2cc(C)c(/C=C3\C(=O)NC(=S)N(c4ccc(Cl)cc4)C3=O)cc2[C@@H](C)CC1(C)C. The fourth-order valence-corrected chi connectivity index (χ4v) is 5.45. The van der Waals surface area contributed by atoms with Crippen molar-refractivity contribution in [1.29, 1.82) is 0 Å². The summed E-state index contributed by atoms with van der Waals surface area (Å²) < 4.78 is 0. The average Bonchev–Trinajstić information content (AvgIpc) is 2.72. The molecule has 1 N–H and O–H groups in total. The largest absolute Gasteiger partial charge is 0.366 e. The molecule has 1 fully saturated rings. The minimum atomic E-state index is -0.489. The molecule has 0 aliphatic carbocycles. The van der Waals surface area contributed by atoms with Crippen LogP contribution in [-0.2, 0) is 9.59 Å². The van der Waals surface area contributed by atoms with Gasteiger partial charge in [0, 0.05) is 22.8 Å². The molecule has 4 rings (SSSR count). The first kappa shape index (κ1) is 23.5. The number of fused-ring (bicyclic) bond motifs is 1. The lowest BCUT2D eigenvalue weighted by Gasteiger charge is -2.47. The standard InChI is InChI=1S/C26H28ClN3O2S/c1-6-29-22-11-15(2)17(12-20(22)16(3)14-26(29,4)5)13-21-23(31)28-25(33)30(24(21)32)19-9-7-18(27)8-10-19/h7-13,16H,6,14H2,1-5H3,(H,28,31,33)/b21-13+/t16-/m0/s1. The van der Waals surface area contributed by atoms with Crippen molar-refractivity contribution >= 4 is 58.2 Å². The Morgan fingerprint density at radius 2 is 1.88 bits per heavy atom. The number of aryl methyl sites for hydroxylation is 1. The summed E-state index contributed by atoms with van der Waals surface area (Å²) in [5.74, 6) is -0.575. The van der Waals surface area contributed by atoms with E-state index in [1.54, 1.807) is 30.3 Å². The predicted octanol–water partition coefficient (Wildman–Crippen LogP) is 5.59. The first-order chi connectivity index (χ1) is 15.5. The average molecular weight is 482 g/mol. The molecule has 2 aromatic rings. The number of halogens is 1. The highest BCUT2D eigenvalue weighted by Gasteiger charge is 2.37. The maximum Gasteiger partial charge on any atom is 0.270 e. The van der Waals surface area contributed by atoms with Gasteiger partial charge in [-0.25, -0.2) is 0 Å². The Balaban J connectivity index is 1.77. The second-order valence-corrected chi connectivity index (χ2v) is 10.2. The quantitative estimate of drug-likeness (QED) is 0.352. The highest BCUT2D eigenvalue weighted by Crippen LogP contribution is 2.44. The van der Waals surface area contributed by atoms with Gasteiger partial charge in [-0.2, -0.15) is 0 Å². The van der Waals surface area contributed by atoms with Crippen LogP contribution in [0.3, 0.4) is 0 Å². The van der Waals surface area contributed by atoms with E-state index in [2.05, 4.69) is 50.0 Å². The zero-order chi connectivity index (χ0) is 24.1. The topological polar surface area (TPSA) is 52.7 Å². The van der Waals surface area contributed by atoms with Crippen molar-refractivity contribution in [2.75, 3.05) is 16.3 Å². The van der Waals surface area contributed by atoms with Gasteiger partial charge < -0.3 is 4.90 Å². The van der Waals surface area contributed by atoms with Gasteiger partial charge in [0.25, 0.3) is 11.8 Å². The van der Waals surface area contributed by atoms with Gasteiger partial charge in [0.1, 0.15) is 5.57 Å². The molecule has 2 heterocycles. The highest BCUT2D eigenvalue weighted by molar-refractivity contribution is 7.80. The third kappa shape index (κ3) is 4.18. The Bertz CT molecular complexity index is 1190. The molecule has 0 unspecified atom stereocenters. The number of anilines is 2. The molecule has 2 aliphatic rings. The van der Waals surface area contributed by atoms with Gasteiger partial charge in [0.05, 0.1) is 5.69 Å². The first-order valence-electron chi connectivity index (χ1n) is 11.1. The van der Waals surface area contributed by atoms with Crippen molar-refractivity contribution in [2.45, 2.75) is 52.5 Å². The summed E-state index contributed by atoms with van der Waals surface area (Å²) in [4.78, 5) is 29.9. The number of carbonyl (C=O) groups is 2. The van der Waals surface area contributed by atoms with Crippen molar-refractivity contribution in [3.8, 4) is 0 Å². The number of nitrogens with one attached hydrogen (secondary N) is 1. The normalized spacial score (nSPS) is 21.3. The van der Waals surface area contributed by atoms with Crippen LogP contribution in [0, 0.1) is 6.92 Å². The van der Waals surface area contributed by atoms with Crippen LogP contribution in [0.1, 0.15) is 56.7 Å². The smallest absolute Gasteiger partial charge is 0.270 e. The molecule has 33 heavy (non-hydrogen) atoms. The summed E-state index contributed by atoms with van der Waals surface area (Å²) in [6, 6.07) is 11.1. The molecule has 0 bridgehead atoms. The number of thiocarbonyl (C=S) groups is 1. The number of hydrogen-bond acceptors (Lipinski definition) is 4. The molecule has 1 saturated heterocycles. The lowest BCUT2D eigenvalue weighted by atomic mass is 9.79. The van der Waals surface area contributed by atoms with Gasteiger partial charge in [0.2, 0.25) is 0 Å². The van der Waals surface area contributed by atoms with Crippen molar-refractivity contribution in [3.05, 3.63) is 63.7 Å². The van der Waals surface area contributed by atoms with Gasteiger partial charge in [-0.3, -0.25) is 19.8 Å². The molecule has 2 aliphatic heterocycles. The molecule has 2 amide bonds. The number of benzene rings is 2. The van der Waals surface area contributed by atoms with Gasteiger partial charge in [-0.1, -0.05) is 18.5 Å². The van der Waals surface area contributed by atoms with Gasteiger partial charge in [-0.15, -0.1) is 0 Å². The Hall–Kier alpha value is -2.70. The van der Waals surface area contributed by atoms with Crippen molar-refractivity contribution in [3.63, 3.8) is 0 Å². The van der Waals surface area contributed by atoms with Crippen LogP contribution < -0.4 is 15.1 Å². The first-order valence-corrected chi connectivity index (χ1v) is 11.9. The molecule has 172 valence electrons. The van der Waals surface area contributed by atoms with Gasteiger partial charge >= 0.3 is 0 Å². The van der Waals surface area contributed by atoms with Crippen LogP contribution in [-0.4, -0.2) is 29.0 Å². The van der Waals surface area contributed by atoms with E-state index < -0.39 is 11.8 Å². The highest BCUT2D eigenvalue weighted by atomic mass is 35.5. The zero-order valence-electron chi connectivity index (χ0n) is 19.5. The summed E-state index contributed by atoms with van der Waals surface area (Å²) in [6.07, 6.45) is 2.71.